The molecule has 2 aliphatic rings. The van der Waals surface area contributed by atoms with Crippen LogP contribution in [0.5, 0.6) is 17.2 Å². The summed E-state index contributed by atoms with van der Waals surface area (Å²) in [5.41, 5.74) is 0.232. The van der Waals surface area contributed by atoms with Gasteiger partial charge in [-0.25, -0.2) is 0 Å². The first-order valence-corrected chi connectivity index (χ1v) is 8.25. The Morgan fingerprint density at radius 3 is 2.55 bits per heavy atom. The second kappa shape index (κ2) is 5.99. The largest absolute Gasteiger partial charge is 0.490 e. The van der Waals surface area contributed by atoms with E-state index in [0.717, 1.165) is 36.8 Å². The molecule has 1 saturated heterocycles. The number of hydrogen-bond acceptors (Lipinski definition) is 4. The van der Waals surface area contributed by atoms with Crippen molar-refractivity contribution in [2.75, 3.05) is 26.3 Å². The third kappa shape index (κ3) is 3.32. The van der Waals surface area contributed by atoms with Crippen molar-refractivity contribution in [3.8, 4) is 17.2 Å². The van der Waals surface area contributed by atoms with Crippen LogP contribution in [0.1, 0.15) is 34.1 Å². The van der Waals surface area contributed by atoms with Crippen molar-refractivity contribution in [3.63, 3.8) is 0 Å². The molecule has 2 atom stereocenters. The van der Waals surface area contributed by atoms with Crippen LogP contribution in [-0.2, 0) is 0 Å². The Morgan fingerprint density at radius 1 is 1.14 bits per heavy atom. The van der Waals surface area contributed by atoms with Crippen LogP contribution in [0.4, 0.5) is 0 Å². The first-order valence-electron chi connectivity index (χ1n) is 8.25. The zero-order valence-corrected chi connectivity index (χ0v) is 14.1. The van der Waals surface area contributed by atoms with Gasteiger partial charge in [0.25, 0.3) is 0 Å². The molecule has 0 N–H and O–H groups in total. The zero-order valence-electron chi connectivity index (χ0n) is 14.1. The van der Waals surface area contributed by atoms with Gasteiger partial charge in [-0.15, -0.1) is 0 Å². The lowest BCUT2D eigenvalue weighted by Gasteiger charge is -2.43. The van der Waals surface area contributed by atoms with Gasteiger partial charge >= 0.3 is 0 Å². The van der Waals surface area contributed by atoms with Crippen LogP contribution in [0.25, 0.3) is 0 Å². The molecule has 0 saturated carbocycles. The van der Waals surface area contributed by atoms with Gasteiger partial charge in [0.05, 0.1) is 0 Å². The normalized spacial score (nSPS) is 25.8. The maximum atomic E-state index is 6.23. The molecular weight excluding hydrogens is 278 g/mol. The van der Waals surface area contributed by atoms with Crippen LogP contribution in [0, 0.1) is 5.92 Å². The average molecular weight is 305 g/mol. The minimum Gasteiger partial charge on any atom is -0.490 e. The summed E-state index contributed by atoms with van der Waals surface area (Å²) in [5.74, 6) is 3.00. The smallest absolute Gasteiger partial charge is 0.165 e. The summed E-state index contributed by atoms with van der Waals surface area (Å²) in [6, 6.07) is 5.88. The predicted octanol–water partition coefficient (Wildman–Crippen LogP) is 3.35. The number of piperidine rings is 1. The van der Waals surface area contributed by atoms with Gasteiger partial charge in [0.1, 0.15) is 25.1 Å². The van der Waals surface area contributed by atoms with Crippen molar-refractivity contribution < 1.29 is 14.2 Å². The van der Waals surface area contributed by atoms with Crippen LogP contribution >= 0.6 is 0 Å². The monoisotopic (exact) mass is 305 g/mol. The Balaban J connectivity index is 1.64. The lowest BCUT2D eigenvalue weighted by molar-refractivity contribution is 0.0108. The number of rotatable bonds is 2. The van der Waals surface area contributed by atoms with E-state index < -0.39 is 0 Å². The standard InChI is InChI=1S/C18H27NO3/c1-13-12-19(18(2,3)4)8-7-15(13)22-14-5-6-16-17(11-14)21-10-9-20-16/h5-6,11,13,15H,7-10,12H2,1-4H3. The fraction of sp³-hybridized carbons (Fsp3) is 0.667. The SMILES string of the molecule is CC1CN(C(C)(C)C)CCC1Oc1ccc2c(c1)OCCO2. The van der Waals surface area contributed by atoms with Crippen molar-refractivity contribution in [2.24, 2.45) is 5.92 Å². The van der Waals surface area contributed by atoms with Gasteiger partial charge in [-0.3, -0.25) is 4.90 Å². The van der Waals surface area contributed by atoms with E-state index in [-0.39, 0.29) is 11.6 Å². The topological polar surface area (TPSA) is 30.9 Å². The maximum absolute atomic E-state index is 6.23. The second-order valence-corrected chi connectivity index (χ2v) is 7.34. The summed E-state index contributed by atoms with van der Waals surface area (Å²) in [6.45, 7) is 12.5. The van der Waals surface area contributed by atoms with Crippen molar-refractivity contribution in [1.82, 2.24) is 4.90 Å². The van der Waals surface area contributed by atoms with E-state index in [2.05, 4.69) is 32.6 Å². The highest BCUT2D eigenvalue weighted by Gasteiger charge is 2.32. The van der Waals surface area contributed by atoms with Gasteiger partial charge in [-0.05, 0) is 39.3 Å². The summed E-state index contributed by atoms with van der Waals surface area (Å²) < 4.78 is 17.4. The van der Waals surface area contributed by atoms with E-state index in [4.69, 9.17) is 14.2 Å². The van der Waals surface area contributed by atoms with Crippen LogP contribution in [-0.4, -0.2) is 42.8 Å². The number of hydrogen-bond donors (Lipinski definition) is 0. The predicted molar refractivity (Wildman–Crippen MR) is 87.0 cm³/mol. The Labute approximate surface area is 133 Å². The molecule has 0 amide bonds. The molecule has 0 aliphatic carbocycles. The molecule has 0 bridgehead atoms. The zero-order chi connectivity index (χ0) is 15.7. The third-order valence-corrected chi connectivity index (χ3v) is 4.58. The van der Waals surface area contributed by atoms with Gasteiger partial charge in [-0.2, -0.15) is 0 Å². The molecule has 3 rings (SSSR count). The van der Waals surface area contributed by atoms with Crippen molar-refractivity contribution >= 4 is 0 Å². The summed E-state index contributed by atoms with van der Waals surface area (Å²) in [6.07, 6.45) is 1.33. The fourth-order valence-electron chi connectivity index (χ4n) is 3.18. The number of nitrogens with zero attached hydrogens (tertiary/aromatic N) is 1. The Morgan fingerprint density at radius 2 is 1.86 bits per heavy atom. The highest BCUT2D eigenvalue weighted by molar-refractivity contribution is 5.46. The molecule has 4 nitrogen and oxygen atoms in total. The molecule has 122 valence electrons. The van der Waals surface area contributed by atoms with Gasteiger partial charge in [0.2, 0.25) is 0 Å². The molecule has 2 unspecified atom stereocenters. The molecule has 2 heterocycles. The molecule has 0 spiro atoms. The van der Waals surface area contributed by atoms with Gasteiger partial charge in [0.15, 0.2) is 11.5 Å². The first-order chi connectivity index (χ1) is 10.4. The Kier molecular flexibility index (Phi) is 4.22. The van der Waals surface area contributed by atoms with E-state index in [0.29, 0.717) is 19.1 Å². The summed E-state index contributed by atoms with van der Waals surface area (Å²) in [5, 5.41) is 0. The highest BCUT2D eigenvalue weighted by Crippen LogP contribution is 2.35. The average Bonchev–Trinajstić information content (AvgIpc) is 2.48. The number of fused-ring (bicyclic) bond motifs is 1. The first kappa shape index (κ1) is 15.5. The number of benzene rings is 1. The van der Waals surface area contributed by atoms with Crippen molar-refractivity contribution in [1.29, 1.82) is 0 Å². The summed E-state index contributed by atoms with van der Waals surface area (Å²) in [4.78, 5) is 2.54. The van der Waals surface area contributed by atoms with Crippen LogP contribution in [0.3, 0.4) is 0 Å². The van der Waals surface area contributed by atoms with E-state index in [1.807, 2.05) is 18.2 Å². The van der Waals surface area contributed by atoms with Crippen LogP contribution in [0.2, 0.25) is 0 Å². The number of likely N-dealkylation sites (tertiary alicyclic amines) is 1. The minimum absolute atomic E-state index is 0.232. The quantitative estimate of drug-likeness (QED) is 0.838. The van der Waals surface area contributed by atoms with Gasteiger partial charge < -0.3 is 14.2 Å². The van der Waals surface area contributed by atoms with Crippen LogP contribution in [0.15, 0.2) is 18.2 Å². The lowest BCUT2D eigenvalue weighted by Crippen LogP contribution is -2.51. The van der Waals surface area contributed by atoms with Crippen molar-refractivity contribution in [3.05, 3.63) is 18.2 Å². The Hall–Kier alpha value is -1.42. The molecule has 2 aliphatic heterocycles. The van der Waals surface area contributed by atoms with E-state index in [1.54, 1.807) is 0 Å². The van der Waals surface area contributed by atoms with Crippen LogP contribution < -0.4 is 14.2 Å². The molecule has 0 aromatic heterocycles. The minimum atomic E-state index is 0.232. The fourth-order valence-corrected chi connectivity index (χ4v) is 3.18. The Bertz CT molecular complexity index is 524. The maximum Gasteiger partial charge on any atom is 0.165 e. The van der Waals surface area contributed by atoms with Crippen molar-refractivity contribution in [2.45, 2.75) is 45.8 Å². The molecule has 22 heavy (non-hydrogen) atoms. The van der Waals surface area contributed by atoms with E-state index >= 15 is 0 Å². The highest BCUT2D eigenvalue weighted by atomic mass is 16.6. The van der Waals surface area contributed by atoms with Gasteiger partial charge in [0, 0.05) is 30.6 Å². The van der Waals surface area contributed by atoms with Gasteiger partial charge in [-0.1, -0.05) is 6.92 Å². The molecule has 1 fully saturated rings. The summed E-state index contributed by atoms with van der Waals surface area (Å²) in [7, 11) is 0. The lowest BCUT2D eigenvalue weighted by atomic mass is 9.92. The molecule has 4 heteroatoms. The second-order valence-electron chi connectivity index (χ2n) is 7.34. The number of ether oxygens (including phenoxy) is 3. The third-order valence-electron chi connectivity index (χ3n) is 4.58. The molecular formula is C18H27NO3. The summed E-state index contributed by atoms with van der Waals surface area (Å²) >= 11 is 0. The van der Waals surface area contributed by atoms with E-state index in [9.17, 15) is 0 Å². The van der Waals surface area contributed by atoms with E-state index in [1.165, 1.54) is 0 Å². The molecule has 0 radical (unpaired) electrons. The molecule has 1 aromatic rings. The molecule has 1 aromatic carbocycles.